The molecule has 1 N–H and O–H groups in total. The van der Waals surface area contributed by atoms with E-state index < -0.39 is 11.5 Å². The highest BCUT2D eigenvalue weighted by molar-refractivity contribution is 5.88. The molecule has 0 unspecified atom stereocenters. The monoisotopic (exact) mass is 303 g/mol. The summed E-state index contributed by atoms with van der Waals surface area (Å²) in [4.78, 5) is 23.6. The molecular weight excluding hydrogens is 282 g/mol. The first-order chi connectivity index (χ1) is 10.4. The van der Waals surface area contributed by atoms with Gasteiger partial charge in [-0.2, -0.15) is 5.10 Å². The van der Waals surface area contributed by atoms with Crippen molar-refractivity contribution in [3.8, 4) is 0 Å². The Labute approximate surface area is 129 Å². The first-order valence-corrected chi connectivity index (χ1v) is 7.33. The molecule has 0 aromatic carbocycles. The fraction of sp³-hybridized carbons (Fsp3) is 0.438. The van der Waals surface area contributed by atoms with Crippen LogP contribution in [0.1, 0.15) is 46.2 Å². The van der Waals surface area contributed by atoms with E-state index in [9.17, 15) is 14.7 Å². The lowest BCUT2D eigenvalue weighted by atomic mass is 10.1. The van der Waals surface area contributed by atoms with Gasteiger partial charge in [0.2, 0.25) is 0 Å². The lowest BCUT2D eigenvalue weighted by Crippen LogP contribution is -2.27. The van der Waals surface area contributed by atoms with Gasteiger partial charge in [0.1, 0.15) is 5.56 Å². The second kappa shape index (κ2) is 6.17. The molecule has 0 aliphatic rings. The van der Waals surface area contributed by atoms with Gasteiger partial charge >= 0.3 is 5.97 Å². The lowest BCUT2D eigenvalue weighted by Gasteiger charge is -2.09. The van der Waals surface area contributed by atoms with E-state index in [1.165, 1.54) is 4.57 Å². The zero-order valence-corrected chi connectivity index (χ0v) is 13.4. The van der Waals surface area contributed by atoms with E-state index in [1.54, 1.807) is 19.2 Å². The van der Waals surface area contributed by atoms with Crippen LogP contribution in [0.4, 0.5) is 0 Å². The molecule has 0 fully saturated rings. The van der Waals surface area contributed by atoms with Gasteiger partial charge in [-0.1, -0.05) is 6.92 Å². The summed E-state index contributed by atoms with van der Waals surface area (Å²) >= 11 is 0. The van der Waals surface area contributed by atoms with Gasteiger partial charge in [-0.05, 0) is 38.8 Å². The molecule has 0 atom stereocenters. The molecule has 0 radical (unpaired) electrons. The number of aromatic carboxylic acids is 1. The molecule has 118 valence electrons. The summed E-state index contributed by atoms with van der Waals surface area (Å²) in [7, 11) is 0. The molecule has 2 rings (SSSR count). The van der Waals surface area contributed by atoms with E-state index >= 15 is 0 Å². The second-order valence-corrected chi connectivity index (χ2v) is 5.48. The molecule has 22 heavy (non-hydrogen) atoms. The highest BCUT2D eigenvalue weighted by Crippen LogP contribution is 2.15. The van der Waals surface area contributed by atoms with Crippen LogP contribution in [-0.4, -0.2) is 25.4 Å². The van der Waals surface area contributed by atoms with Crippen LogP contribution in [0.15, 0.2) is 17.1 Å². The quantitative estimate of drug-likeness (QED) is 0.918. The lowest BCUT2D eigenvalue weighted by molar-refractivity contribution is 0.0693. The number of rotatable bonds is 5. The summed E-state index contributed by atoms with van der Waals surface area (Å²) in [6.45, 7) is 8.76. The normalized spacial score (nSPS) is 10.9. The smallest absolute Gasteiger partial charge is 0.341 e. The first-order valence-electron chi connectivity index (χ1n) is 7.33. The molecule has 0 spiro atoms. The number of hydrogen-bond donors (Lipinski definition) is 1. The number of carbonyl (C=O) groups is 1. The zero-order chi connectivity index (χ0) is 16.4. The Balaban J connectivity index is 2.47. The van der Waals surface area contributed by atoms with E-state index in [4.69, 9.17) is 0 Å². The van der Waals surface area contributed by atoms with E-state index in [0.717, 1.165) is 29.9 Å². The standard InChI is InChI=1S/C16H21N3O3/c1-5-7-19-12(4)13(11(3)17-19)9-18-8-6-10(2)14(15(18)20)16(21)22/h6,8H,5,7,9H2,1-4H3,(H,21,22). The number of hydrogen-bond acceptors (Lipinski definition) is 3. The topological polar surface area (TPSA) is 77.1 Å². The van der Waals surface area contributed by atoms with E-state index in [2.05, 4.69) is 12.0 Å². The van der Waals surface area contributed by atoms with Crippen molar-refractivity contribution < 1.29 is 9.90 Å². The maximum Gasteiger partial charge on any atom is 0.341 e. The Hall–Kier alpha value is -2.37. The highest BCUT2D eigenvalue weighted by atomic mass is 16.4. The van der Waals surface area contributed by atoms with Crippen LogP contribution < -0.4 is 5.56 Å². The first kappa shape index (κ1) is 16.0. The van der Waals surface area contributed by atoms with Gasteiger partial charge < -0.3 is 9.67 Å². The minimum atomic E-state index is -1.19. The van der Waals surface area contributed by atoms with Gasteiger partial charge in [-0.15, -0.1) is 0 Å². The number of aryl methyl sites for hydroxylation is 3. The van der Waals surface area contributed by atoms with Gasteiger partial charge in [-0.25, -0.2) is 4.79 Å². The largest absolute Gasteiger partial charge is 0.477 e. The van der Waals surface area contributed by atoms with Gasteiger partial charge in [0.25, 0.3) is 5.56 Å². The minimum absolute atomic E-state index is 0.168. The fourth-order valence-electron chi connectivity index (χ4n) is 2.61. The molecule has 0 saturated heterocycles. The molecule has 0 aliphatic carbocycles. The number of nitrogens with zero attached hydrogens (tertiary/aromatic N) is 3. The van der Waals surface area contributed by atoms with Crippen molar-refractivity contribution in [3.05, 3.63) is 50.7 Å². The summed E-state index contributed by atoms with van der Waals surface area (Å²) in [6, 6.07) is 1.66. The molecular formula is C16H21N3O3. The van der Waals surface area contributed by atoms with Crippen molar-refractivity contribution in [1.29, 1.82) is 0 Å². The number of pyridine rings is 1. The summed E-state index contributed by atoms with van der Waals surface area (Å²) in [6.07, 6.45) is 2.62. The SMILES string of the molecule is CCCn1nc(C)c(Cn2ccc(C)c(C(=O)O)c2=O)c1C. The van der Waals surface area contributed by atoms with Gasteiger partial charge in [0.15, 0.2) is 0 Å². The number of aromatic nitrogens is 3. The zero-order valence-electron chi connectivity index (χ0n) is 13.4. The summed E-state index contributed by atoms with van der Waals surface area (Å²) in [5, 5.41) is 13.7. The van der Waals surface area contributed by atoms with Crippen molar-refractivity contribution in [2.24, 2.45) is 0 Å². The van der Waals surface area contributed by atoms with Crippen molar-refractivity contribution in [3.63, 3.8) is 0 Å². The van der Waals surface area contributed by atoms with Gasteiger partial charge in [0.05, 0.1) is 12.2 Å². The van der Waals surface area contributed by atoms with E-state index in [-0.39, 0.29) is 5.56 Å². The third-order valence-electron chi connectivity index (χ3n) is 3.88. The van der Waals surface area contributed by atoms with Crippen LogP contribution in [0, 0.1) is 20.8 Å². The van der Waals surface area contributed by atoms with Crippen molar-refractivity contribution in [1.82, 2.24) is 14.3 Å². The predicted molar refractivity (Wildman–Crippen MR) is 83.5 cm³/mol. The van der Waals surface area contributed by atoms with Gasteiger partial charge in [-0.3, -0.25) is 9.48 Å². The summed E-state index contributed by atoms with van der Waals surface area (Å²) in [5.41, 5.74) is 2.69. The Morgan fingerprint density at radius 1 is 1.32 bits per heavy atom. The number of carboxylic acid groups (broad SMARTS) is 1. The van der Waals surface area contributed by atoms with Crippen molar-refractivity contribution in [2.45, 2.75) is 47.2 Å². The molecule has 2 heterocycles. The average Bonchev–Trinajstić information content (AvgIpc) is 2.69. The van der Waals surface area contributed by atoms with E-state index in [1.807, 2.05) is 18.5 Å². The van der Waals surface area contributed by atoms with Crippen LogP contribution in [0.25, 0.3) is 0 Å². The minimum Gasteiger partial charge on any atom is -0.477 e. The highest BCUT2D eigenvalue weighted by Gasteiger charge is 2.17. The van der Waals surface area contributed by atoms with Crippen molar-refractivity contribution in [2.75, 3.05) is 0 Å². The maximum absolute atomic E-state index is 12.3. The third-order valence-corrected chi connectivity index (χ3v) is 3.88. The van der Waals surface area contributed by atoms with Crippen LogP contribution in [0.2, 0.25) is 0 Å². The molecule has 0 aliphatic heterocycles. The van der Waals surface area contributed by atoms with E-state index in [0.29, 0.717) is 12.1 Å². The predicted octanol–water partition coefficient (Wildman–Crippen LogP) is 2.13. The Kier molecular flexibility index (Phi) is 4.49. The van der Waals surface area contributed by atoms with Gasteiger partial charge in [0, 0.05) is 24.0 Å². The van der Waals surface area contributed by atoms with Crippen LogP contribution in [0.5, 0.6) is 0 Å². The molecule has 0 bridgehead atoms. The molecule has 0 amide bonds. The van der Waals surface area contributed by atoms with Crippen LogP contribution in [-0.2, 0) is 13.1 Å². The Bertz CT molecular complexity index is 772. The second-order valence-electron chi connectivity index (χ2n) is 5.48. The summed E-state index contributed by atoms with van der Waals surface area (Å²) < 4.78 is 3.37. The molecule has 2 aromatic rings. The molecule has 6 nitrogen and oxygen atoms in total. The third kappa shape index (κ3) is 2.81. The van der Waals surface area contributed by atoms with Crippen LogP contribution in [0.3, 0.4) is 0 Å². The Morgan fingerprint density at radius 3 is 2.59 bits per heavy atom. The van der Waals surface area contributed by atoms with Crippen molar-refractivity contribution >= 4 is 5.97 Å². The van der Waals surface area contributed by atoms with Crippen LogP contribution >= 0.6 is 0 Å². The summed E-state index contributed by atoms with van der Waals surface area (Å²) in [5.74, 6) is -1.19. The molecule has 6 heteroatoms. The Morgan fingerprint density at radius 2 is 2.00 bits per heavy atom. The maximum atomic E-state index is 12.3. The fourth-order valence-corrected chi connectivity index (χ4v) is 2.61. The molecule has 2 aromatic heterocycles. The average molecular weight is 303 g/mol. The number of carboxylic acids is 1. The molecule has 0 saturated carbocycles.